The number of halogens is 1. The third kappa shape index (κ3) is 3.11. The molecule has 1 aromatic carbocycles. The van der Waals surface area contributed by atoms with Crippen LogP contribution >= 0.6 is 11.6 Å². The first-order chi connectivity index (χ1) is 9.82. The van der Waals surface area contributed by atoms with Crippen molar-refractivity contribution in [2.45, 2.75) is 26.7 Å². The Balaban J connectivity index is 2.59. The number of allylic oxidation sites excluding steroid dienone is 2. The molecular weight excluding hydrogens is 310 g/mol. The molecular formula is C15H16ClNO3S. The zero-order valence-electron chi connectivity index (χ0n) is 12.0. The largest absolute Gasteiger partial charge is 0.622 e. The van der Waals surface area contributed by atoms with Gasteiger partial charge < -0.3 is 5.21 Å². The fraction of sp³-hybridized carbons (Fsp3) is 0.267. The molecule has 0 aliphatic carbocycles. The minimum absolute atomic E-state index is 0.0777. The van der Waals surface area contributed by atoms with E-state index in [1.54, 1.807) is 6.08 Å². The van der Waals surface area contributed by atoms with Gasteiger partial charge in [0.1, 0.15) is 0 Å². The quantitative estimate of drug-likeness (QED) is 0.512. The molecule has 2 rings (SSSR count). The highest BCUT2D eigenvalue weighted by Gasteiger charge is 2.28. The van der Waals surface area contributed by atoms with Crippen molar-refractivity contribution in [2.24, 2.45) is 0 Å². The van der Waals surface area contributed by atoms with Crippen LogP contribution in [0.3, 0.4) is 0 Å². The summed E-state index contributed by atoms with van der Waals surface area (Å²) in [5.41, 5.74) is 3.62. The predicted octanol–water partition coefficient (Wildman–Crippen LogP) is 1.82. The lowest BCUT2D eigenvalue weighted by Crippen LogP contribution is -3.08. The monoisotopic (exact) mass is 325 g/mol. The number of hydrogen-bond acceptors (Lipinski definition) is 3. The van der Waals surface area contributed by atoms with Crippen molar-refractivity contribution in [1.82, 2.24) is 0 Å². The van der Waals surface area contributed by atoms with Gasteiger partial charge in [-0.3, -0.25) is 5.06 Å². The van der Waals surface area contributed by atoms with Crippen LogP contribution in [0.25, 0.3) is 0 Å². The van der Waals surface area contributed by atoms with Gasteiger partial charge in [-0.2, -0.15) is 8.42 Å². The highest BCUT2D eigenvalue weighted by molar-refractivity contribution is 7.73. The molecule has 1 aromatic rings. The van der Waals surface area contributed by atoms with E-state index in [0.29, 0.717) is 5.57 Å². The average molecular weight is 326 g/mol. The first-order valence-electron chi connectivity index (χ1n) is 6.48. The number of rotatable bonds is 2. The van der Waals surface area contributed by atoms with Crippen molar-refractivity contribution in [3.63, 3.8) is 0 Å². The topological polar surface area (TPSA) is 61.6 Å². The molecule has 0 spiro atoms. The van der Waals surface area contributed by atoms with E-state index < -0.39 is 15.4 Å². The second-order valence-electron chi connectivity index (χ2n) is 5.11. The molecule has 1 N–H and O–H groups in total. The average Bonchev–Trinajstić information content (AvgIpc) is 2.43. The zero-order valence-corrected chi connectivity index (χ0v) is 13.5. The molecule has 0 saturated heterocycles. The Kier molecular flexibility index (Phi) is 4.68. The van der Waals surface area contributed by atoms with Gasteiger partial charge in [-0.05, 0) is 42.7 Å². The molecule has 0 fully saturated rings. The maximum Gasteiger partial charge on any atom is 0.277 e. The Morgan fingerprint density at radius 1 is 1.24 bits per heavy atom. The number of hydroxylamine groups is 2. The minimum atomic E-state index is -2.62. The third-order valence-electron chi connectivity index (χ3n) is 3.63. The van der Waals surface area contributed by atoms with E-state index in [1.807, 2.05) is 39.0 Å². The van der Waals surface area contributed by atoms with Gasteiger partial charge in [0.05, 0.1) is 0 Å². The van der Waals surface area contributed by atoms with Crippen LogP contribution in [0.5, 0.6) is 0 Å². The van der Waals surface area contributed by atoms with Gasteiger partial charge >= 0.3 is 0 Å². The second-order valence-corrected chi connectivity index (χ2v) is 6.40. The molecule has 1 aliphatic heterocycles. The Labute approximate surface area is 130 Å². The normalized spacial score (nSPS) is 19.9. The highest BCUT2D eigenvalue weighted by atomic mass is 35.5. The Hall–Kier alpha value is -1.40. The highest BCUT2D eigenvalue weighted by Crippen LogP contribution is 2.28. The lowest BCUT2D eigenvalue weighted by atomic mass is 9.88. The smallest absolute Gasteiger partial charge is 0.277 e. The SMILES string of the molecule is Cc1ccc(C)c(C(C)C2=CC=C(Cl)[NH+]([O-])C2=S(=O)=O)c1. The molecule has 0 radical (unpaired) electrons. The molecule has 1 heterocycles. The van der Waals surface area contributed by atoms with Gasteiger partial charge in [-0.25, -0.2) is 0 Å². The molecule has 4 nitrogen and oxygen atoms in total. The number of hydrogen-bond donors (Lipinski definition) is 1. The summed E-state index contributed by atoms with van der Waals surface area (Å²) in [6, 6.07) is 6.00. The van der Waals surface area contributed by atoms with Gasteiger partial charge in [-0.1, -0.05) is 30.7 Å². The summed E-state index contributed by atoms with van der Waals surface area (Å²) in [5, 5.41) is 11.3. The Morgan fingerprint density at radius 3 is 2.52 bits per heavy atom. The van der Waals surface area contributed by atoms with Crippen LogP contribution in [0.2, 0.25) is 0 Å². The van der Waals surface area contributed by atoms with E-state index in [1.165, 1.54) is 6.08 Å². The number of benzene rings is 1. The first kappa shape index (κ1) is 16.0. The summed E-state index contributed by atoms with van der Waals surface area (Å²) in [6.07, 6.45) is 3.07. The lowest BCUT2D eigenvalue weighted by Gasteiger charge is -2.27. The molecule has 2 atom stereocenters. The van der Waals surface area contributed by atoms with Gasteiger partial charge in [0.2, 0.25) is 5.16 Å². The summed E-state index contributed by atoms with van der Waals surface area (Å²) in [6.45, 7) is 5.83. The molecule has 21 heavy (non-hydrogen) atoms. The number of quaternary nitrogens is 1. The van der Waals surface area contributed by atoms with Crippen LogP contribution in [0.15, 0.2) is 41.1 Å². The molecule has 0 saturated carbocycles. The van der Waals surface area contributed by atoms with E-state index >= 15 is 0 Å². The standard InChI is InChI=1S/C15H16ClNO3S/c1-9-4-5-10(2)13(8-9)11(3)12-6-7-14(16)17(18)15(12)21(19)20/h4-8,11,17H,1-3H3. The molecule has 0 amide bonds. The maximum absolute atomic E-state index is 12.0. The molecule has 112 valence electrons. The van der Waals surface area contributed by atoms with Crippen LogP contribution in [-0.2, 0) is 10.3 Å². The van der Waals surface area contributed by atoms with E-state index in [0.717, 1.165) is 16.7 Å². The zero-order chi connectivity index (χ0) is 15.7. The van der Waals surface area contributed by atoms with Crippen molar-refractivity contribution in [2.75, 3.05) is 0 Å². The molecule has 2 unspecified atom stereocenters. The van der Waals surface area contributed by atoms with Gasteiger partial charge in [0, 0.05) is 17.6 Å². The minimum Gasteiger partial charge on any atom is -0.622 e. The van der Waals surface area contributed by atoms with E-state index in [-0.39, 0.29) is 16.1 Å². The van der Waals surface area contributed by atoms with Crippen molar-refractivity contribution in [1.29, 1.82) is 0 Å². The summed E-state index contributed by atoms with van der Waals surface area (Å²) < 4.78 is 22.8. The molecule has 6 heteroatoms. The van der Waals surface area contributed by atoms with E-state index in [4.69, 9.17) is 11.6 Å². The Bertz CT molecular complexity index is 770. The van der Waals surface area contributed by atoms with Crippen LogP contribution in [0, 0.1) is 19.1 Å². The number of nitrogens with one attached hydrogen (secondary N) is 1. The van der Waals surface area contributed by atoms with Crippen molar-refractivity contribution >= 4 is 26.9 Å². The van der Waals surface area contributed by atoms with Crippen molar-refractivity contribution in [3.05, 3.63) is 63.0 Å². The van der Waals surface area contributed by atoms with Crippen LogP contribution in [0.4, 0.5) is 0 Å². The Morgan fingerprint density at radius 2 is 1.90 bits per heavy atom. The van der Waals surface area contributed by atoms with E-state index in [9.17, 15) is 13.6 Å². The molecule has 0 aromatic heterocycles. The molecule has 1 aliphatic rings. The number of aryl methyl sites for hydroxylation is 2. The summed E-state index contributed by atoms with van der Waals surface area (Å²) >= 11 is 5.75. The maximum atomic E-state index is 12.0. The first-order valence-corrected chi connectivity index (χ1v) is 7.94. The van der Waals surface area contributed by atoms with Crippen LogP contribution < -0.4 is 5.06 Å². The summed E-state index contributed by atoms with van der Waals surface area (Å²) in [4.78, 5) is -0.240. The lowest BCUT2D eigenvalue weighted by molar-refractivity contribution is -0.688. The van der Waals surface area contributed by atoms with Crippen molar-refractivity contribution in [3.8, 4) is 0 Å². The van der Waals surface area contributed by atoms with Gasteiger partial charge in [0.15, 0.2) is 0 Å². The van der Waals surface area contributed by atoms with Crippen molar-refractivity contribution < 1.29 is 13.5 Å². The summed E-state index contributed by atoms with van der Waals surface area (Å²) in [5.74, 6) is -0.206. The fourth-order valence-electron chi connectivity index (χ4n) is 2.46. The fourth-order valence-corrected chi connectivity index (χ4v) is 3.37. The van der Waals surface area contributed by atoms with Gasteiger partial charge in [0.25, 0.3) is 15.3 Å². The van der Waals surface area contributed by atoms with E-state index in [2.05, 4.69) is 0 Å². The molecule has 0 bridgehead atoms. The third-order valence-corrected chi connectivity index (χ3v) is 4.68. The predicted molar refractivity (Wildman–Crippen MR) is 84.6 cm³/mol. The summed E-state index contributed by atoms with van der Waals surface area (Å²) in [7, 11) is -2.62. The van der Waals surface area contributed by atoms with Gasteiger partial charge in [-0.15, -0.1) is 0 Å². The second kappa shape index (κ2) is 6.15. The van der Waals surface area contributed by atoms with Crippen LogP contribution in [0.1, 0.15) is 29.5 Å². The van der Waals surface area contributed by atoms with Crippen LogP contribution in [-0.4, -0.2) is 13.4 Å².